The van der Waals surface area contributed by atoms with E-state index in [4.69, 9.17) is 23.2 Å². The van der Waals surface area contributed by atoms with Gasteiger partial charge in [0.25, 0.3) is 0 Å². The Balaban J connectivity index is 1.88. The third-order valence-electron chi connectivity index (χ3n) is 2.78. The molecule has 1 atom stereocenters. The van der Waals surface area contributed by atoms with Crippen molar-refractivity contribution in [3.8, 4) is 0 Å². The van der Waals surface area contributed by atoms with E-state index in [1.807, 2.05) is 12.1 Å². The monoisotopic (exact) mass is 296 g/mol. The molecule has 3 nitrogen and oxygen atoms in total. The first-order valence-electron chi connectivity index (χ1n) is 5.90. The molecule has 19 heavy (non-hydrogen) atoms. The van der Waals surface area contributed by atoms with E-state index in [0.717, 1.165) is 11.1 Å². The van der Waals surface area contributed by atoms with Crippen LogP contribution in [0.5, 0.6) is 0 Å². The zero-order chi connectivity index (χ0) is 13.7. The molecule has 0 spiro atoms. The van der Waals surface area contributed by atoms with Crippen LogP contribution < -0.4 is 5.32 Å². The molecule has 2 N–H and O–H groups in total. The fourth-order valence-electron chi connectivity index (χ4n) is 1.73. The highest BCUT2D eigenvalue weighted by Gasteiger charge is 2.08. The highest BCUT2D eigenvalue weighted by atomic mass is 35.5. The Labute approximate surface area is 122 Å². The Morgan fingerprint density at radius 3 is 2.63 bits per heavy atom. The highest BCUT2D eigenvalue weighted by molar-refractivity contribution is 6.42. The molecule has 0 aliphatic carbocycles. The fourth-order valence-corrected chi connectivity index (χ4v) is 2.12. The molecule has 0 amide bonds. The van der Waals surface area contributed by atoms with Gasteiger partial charge in [0.1, 0.15) is 0 Å². The van der Waals surface area contributed by atoms with E-state index in [1.165, 1.54) is 0 Å². The van der Waals surface area contributed by atoms with Crippen molar-refractivity contribution in [2.24, 2.45) is 0 Å². The molecular weight excluding hydrogens is 283 g/mol. The highest BCUT2D eigenvalue weighted by Crippen LogP contribution is 2.25. The van der Waals surface area contributed by atoms with Crippen LogP contribution in [0, 0.1) is 0 Å². The molecular formula is C14H14Cl2N2O. The van der Waals surface area contributed by atoms with Crippen LogP contribution in [-0.2, 0) is 6.54 Å². The lowest BCUT2D eigenvalue weighted by atomic mass is 10.1. The van der Waals surface area contributed by atoms with Gasteiger partial charge in [-0.2, -0.15) is 0 Å². The van der Waals surface area contributed by atoms with Gasteiger partial charge in [-0.3, -0.25) is 4.98 Å². The van der Waals surface area contributed by atoms with Crippen LogP contribution in [0.4, 0.5) is 0 Å². The van der Waals surface area contributed by atoms with Crippen molar-refractivity contribution in [2.75, 3.05) is 6.54 Å². The molecule has 100 valence electrons. The van der Waals surface area contributed by atoms with Gasteiger partial charge in [-0.15, -0.1) is 0 Å². The predicted octanol–water partition coefficient (Wildman–Crippen LogP) is 3.21. The Bertz CT molecular complexity index is 534. The van der Waals surface area contributed by atoms with Gasteiger partial charge in [0.15, 0.2) is 0 Å². The summed E-state index contributed by atoms with van der Waals surface area (Å²) in [5.41, 5.74) is 1.75. The summed E-state index contributed by atoms with van der Waals surface area (Å²) in [7, 11) is 0. The summed E-state index contributed by atoms with van der Waals surface area (Å²) in [4.78, 5) is 3.91. The van der Waals surface area contributed by atoms with Crippen LogP contribution in [0.3, 0.4) is 0 Å². The summed E-state index contributed by atoms with van der Waals surface area (Å²) >= 11 is 12.0. The number of benzene rings is 1. The molecule has 1 aromatic heterocycles. The van der Waals surface area contributed by atoms with Crippen LogP contribution in [0.25, 0.3) is 0 Å². The molecule has 1 heterocycles. The lowest BCUT2D eigenvalue weighted by molar-refractivity contribution is 0.174. The fraction of sp³-hybridized carbons (Fsp3) is 0.214. The number of aliphatic hydroxyl groups excluding tert-OH is 1. The van der Waals surface area contributed by atoms with Crippen molar-refractivity contribution >= 4 is 23.2 Å². The topological polar surface area (TPSA) is 45.1 Å². The standard InChI is InChI=1S/C14H14Cl2N2O/c15-12-3-1-2-11(14(12)16)8-18-9-13(19)10-4-6-17-7-5-10/h1-7,13,18-19H,8-9H2. The molecule has 0 aliphatic rings. The number of nitrogens with one attached hydrogen (secondary N) is 1. The van der Waals surface area contributed by atoms with Crippen molar-refractivity contribution in [1.29, 1.82) is 0 Å². The van der Waals surface area contributed by atoms with Crippen molar-refractivity contribution < 1.29 is 5.11 Å². The van der Waals surface area contributed by atoms with Crippen LogP contribution >= 0.6 is 23.2 Å². The summed E-state index contributed by atoms with van der Waals surface area (Å²) in [5, 5.41) is 14.2. The molecule has 0 saturated heterocycles. The molecule has 2 aromatic rings. The number of hydrogen-bond acceptors (Lipinski definition) is 3. The molecule has 0 radical (unpaired) electrons. The van der Waals surface area contributed by atoms with Crippen molar-refractivity contribution in [3.63, 3.8) is 0 Å². The maximum Gasteiger partial charge on any atom is 0.0915 e. The first-order chi connectivity index (χ1) is 9.18. The lowest BCUT2D eigenvalue weighted by Crippen LogP contribution is -2.21. The molecule has 0 aliphatic heterocycles. The molecule has 0 fully saturated rings. The zero-order valence-electron chi connectivity index (χ0n) is 10.2. The predicted molar refractivity (Wildman–Crippen MR) is 77.4 cm³/mol. The summed E-state index contributed by atoms with van der Waals surface area (Å²) in [6.45, 7) is 0.994. The van der Waals surface area contributed by atoms with E-state index in [2.05, 4.69) is 10.3 Å². The minimum Gasteiger partial charge on any atom is -0.387 e. The average Bonchev–Trinajstić information content (AvgIpc) is 2.44. The normalized spacial score (nSPS) is 12.4. The number of aromatic nitrogens is 1. The van der Waals surface area contributed by atoms with E-state index in [-0.39, 0.29) is 0 Å². The van der Waals surface area contributed by atoms with Gasteiger partial charge in [-0.25, -0.2) is 0 Å². The van der Waals surface area contributed by atoms with Gasteiger partial charge in [-0.1, -0.05) is 35.3 Å². The van der Waals surface area contributed by atoms with Gasteiger partial charge in [0, 0.05) is 25.5 Å². The average molecular weight is 297 g/mol. The van der Waals surface area contributed by atoms with Gasteiger partial charge < -0.3 is 10.4 Å². The number of pyridine rings is 1. The maximum atomic E-state index is 9.97. The van der Waals surface area contributed by atoms with Gasteiger partial charge in [-0.05, 0) is 29.3 Å². The number of aliphatic hydroxyl groups is 1. The van der Waals surface area contributed by atoms with E-state index >= 15 is 0 Å². The van der Waals surface area contributed by atoms with Crippen LogP contribution in [0.2, 0.25) is 10.0 Å². The second-order valence-corrected chi connectivity index (χ2v) is 4.93. The van der Waals surface area contributed by atoms with Crippen LogP contribution in [0.1, 0.15) is 17.2 Å². The zero-order valence-corrected chi connectivity index (χ0v) is 11.7. The third kappa shape index (κ3) is 3.91. The summed E-state index contributed by atoms with van der Waals surface area (Å²) in [5.74, 6) is 0. The Hall–Kier alpha value is -1.13. The van der Waals surface area contributed by atoms with E-state index in [1.54, 1.807) is 30.6 Å². The number of hydrogen-bond donors (Lipinski definition) is 2. The Kier molecular flexibility index (Phi) is 5.16. The van der Waals surface area contributed by atoms with E-state index in [0.29, 0.717) is 23.1 Å². The minimum atomic E-state index is -0.569. The maximum absolute atomic E-state index is 9.97. The third-order valence-corrected chi connectivity index (χ3v) is 3.63. The molecule has 0 bridgehead atoms. The Morgan fingerprint density at radius 1 is 1.16 bits per heavy atom. The van der Waals surface area contributed by atoms with Crippen LogP contribution in [0.15, 0.2) is 42.7 Å². The van der Waals surface area contributed by atoms with Gasteiger partial charge >= 0.3 is 0 Å². The lowest BCUT2D eigenvalue weighted by Gasteiger charge is -2.12. The summed E-state index contributed by atoms with van der Waals surface area (Å²) < 4.78 is 0. The second-order valence-electron chi connectivity index (χ2n) is 4.14. The number of nitrogens with zero attached hydrogens (tertiary/aromatic N) is 1. The molecule has 0 saturated carbocycles. The first kappa shape index (κ1) is 14.3. The summed E-state index contributed by atoms with van der Waals surface area (Å²) in [6, 6.07) is 9.08. The number of rotatable bonds is 5. The first-order valence-corrected chi connectivity index (χ1v) is 6.65. The largest absolute Gasteiger partial charge is 0.387 e. The van der Waals surface area contributed by atoms with Gasteiger partial charge in [0.2, 0.25) is 0 Å². The number of halogens is 2. The van der Waals surface area contributed by atoms with Crippen molar-refractivity contribution in [1.82, 2.24) is 10.3 Å². The quantitative estimate of drug-likeness (QED) is 0.890. The molecule has 1 aromatic carbocycles. The molecule has 5 heteroatoms. The van der Waals surface area contributed by atoms with E-state index in [9.17, 15) is 5.11 Å². The SMILES string of the molecule is OC(CNCc1cccc(Cl)c1Cl)c1ccncc1. The van der Waals surface area contributed by atoms with Gasteiger partial charge in [0.05, 0.1) is 16.1 Å². The summed E-state index contributed by atoms with van der Waals surface area (Å²) in [6.07, 6.45) is 2.75. The molecule has 2 rings (SSSR count). The van der Waals surface area contributed by atoms with Crippen molar-refractivity contribution in [3.05, 3.63) is 63.9 Å². The van der Waals surface area contributed by atoms with Crippen molar-refractivity contribution in [2.45, 2.75) is 12.6 Å². The second kappa shape index (κ2) is 6.87. The Morgan fingerprint density at radius 2 is 1.89 bits per heavy atom. The van der Waals surface area contributed by atoms with E-state index < -0.39 is 6.10 Å². The van der Waals surface area contributed by atoms with Crippen LogP contribution in [-0.4, -0.2) is 16.6 Å². The smallest absolute Gasteiger partial charge is 0.0915 e. The minimum absolute atomic E-state index is 0.437. The molecule has 1 unspecified atom stereocenters.